The van der Waals surface area contributed by atoms with Crippen molar-refractivity contribution in [3.63, 3.8) is 0 Å². The number of hydrogen-bond acceptors (Lipinski definition) is 2. The first-order valence-electron chi connectivity index (χ1n) is 4.86. The molecule has 0 saturated heterocycles. The van der Waals surface area contributed by atoms with Crippen LogP contribution in [0.1, 0.15) is 12.5 Å². The summed E-state index contributed by atoms with van der Waals surface area (Å²) in [5.41, 5.74) is 0.962. The molecular formula is C14H16O2. The molecule has 0 aliphatic carbocycles. The lowest BCUT2D eigenvalue weighted by molar-refractivity contribution is -0.132. The van der Waals surface area contributed by atoms with E-state index in [1.54, 1.807) is 12.2 Å². The van der Waals surface area contributed by atoms with Crippen LogP contribution in [0.25, 0.3) is 6.08 Å². The summed E-state index contributed by atoms with van der Waals surface area (Å²) in [6.07, 6.45) is 5.90. The minimum atomic E-state index is -0.418. The van der Waals surface area contributed by atoms with E-state index in [4.69, 9.17) is 0 Å². The van der Waals surface area contributed by atoms with Crippen molar-refractivity contribution >= 4 is 12.0 Å². The summed E-state index contributed by atoms with van der Waals surface area (Å²) in [4.78, 5) is 10.8. The number of ether oxygens (including phenoxy) is 1. The van der Waals surface area contributed by atoms with Crippen molar-refractivity contribution < 1.29 is 9.53 Å². The van der Waals surface area contributed by atoms with Crippen LogP contribution in [0.2, 0.25) is 0 Å². The zero-order valence-electron chi connectivity index (χ0n) is 9.43. The van der Waals surface area contributed by atoms with Crippen molar-refractivity contribution in [2.45, 2.75) is 6.92 Å². The minimum absolute atomic E-state index is 0.418. The Morgan fingerprint density at radius 3 is 2.31 bits per heavy atom. The van der Waals surface area contributed by atoms with E-state index in [1.807, 2.05) is 37.3 Å². The Kier molecular flexibility index (Phi) is 8.23. The van der Waals surface area contributed by atoms with Crippen LogP contribution in [-0.2, 0) is 9.53 Å². The zero-order chi connectivity index (χ0) is 12.2. The summed E-state index contributed by atoms with van der Waals surface area (Å²) in [7, 11) is 0. The van der Waals surface area contributed by atoms with Crippen LogP contribution in [0.15, 0.2) is 61.9 Å². The van der Waals surface area contributed by atoms with Gasteiger partial charge in [0.15, 0.2) is 0 Å². The lowest BCUT2D eigenvalue weighted by Gasteiger charge is -1.91. The summed E-state index contributed by atoms with van der Waals surface area (Å²) in [6, 6.07) is 9.52. The molecule has 0 aromatic heterocycles. The van der Waals surface area contributed by atoms with Gasteiger partial charge in [-0.3, -0.25) is 0 Å². The van der Waals surface area contributed by atoms with Gasteiger partial charge in [0.25, 0.3) is 0 Å². The van der Waals surface area contributed by atoms with Gasteiger partial charge < -0.3 is 4.74 Å². The van der Waals surface area contributed by atoms with Crippen molar-refractivity contribution in [1.82, 2.24) is 0 Å². The third-order valence-electron chi connectivity index (χ3n) is 1.41. The van der Waals surface area contributed by atoms with Crippen LogP contribution >= 0.6 is 0 Å². The topological polar surface area (TPSA) is 26.3 Å². The molecule has 0 saturated carbocycles. The van der Waals surface area contributed by atoms with Gasteiger partial charge in [-0.15, -0.1) is 6.58 Å². The Hall–Kier alpha value is -2.09. The maximum absolute atomic E-state index is 10.8. The van der Waals surface area contributed by atoms with Crippen LogP contribution in [0.3, 0.4) is 0 Å². The van der Waals surface area contributed by atoms with Gasteiger partial charge in [-0.25, -0.2) is 4.79 Å². The van der Waals surface area contributed by atoms with E-state index in [0.717, 1.165) is 11.8 Å². The number of esters is 1. The maximum atomic E-state index is 10.8. The fourth-order valence-corrected chi connectivity index (χ4v) is 0.850. The third-order valence-corrected chi connectivity index (χ3v) is 1.41. The number of hydrogen-bond donors (Lipinski definition) is 0. The van der Waals surface area contributed by atoms with E-state index in [2.05, 4.69) is 17.9 Å². The SMILES string of the molecule is C=CC.C=COC(=O)C=Cc1ccccc1. The molecule has 1 rings (SSSR count). The molecule has 0 atom stereocenters. The van der Waals surface area contributed by atoms with Gasteiger partial charge >= 0.3 is 5.97 Å². The Balaban J connectivity index is 0.000000673. The average molecular weight is 216 g/mol. The smallest absolute Gasteiger partial charge is 0.335 e. The van der Waals surface area contributed by atoms with E-state index in [1.165, 1.54) is 6.08 Å². The van der Waals surface area contributed by atoms with Crippen molar-refractivity contribution in [3.8, 4) is 0 Å². The van der Waals surface area contributed by atoms with Gasteiger partial charge in [0, 0.05) is 6.08 Å². The normalized spacial score (nSPS) is 8.81. The predicted octanol–water partition coefficient (Wildman–Crippen LogP) is 3.58. The third kappa shape index (κ3) is 7.33. The highest BCUT2D eigenvalue weighted by Crippen LogP contribution is 2.00. The molecule has 0 spiro atoms. The van der Waals surface area contributed by atoms with Gasteiger partial charge in [-0.2, -0.15) is 0 Å². The average Bonchev–Trinajstić information content (AvgIpc) is 2.29. The summed E-state index contributed by atoms with van der Waals surface area (Å²) < 4.78 is 4.50. The fraction of sp³-hybridized carbons (Fsp3) is 0.0714. The van der Waals surface area contributed by atoms with E-state index in [9.17, 15) is 4.79 Å². The predicted molar refractivity (Wildman–Crippen MR) is 67.6 cm³/mol. The second-order valence-electron chi connectivity index (χ2n) is 2.76. The fourth-order valence-electron chi connectivity index (χ4n) is 0.850. The molecule has 1 aromatic rings. The van der Waals surface area contributed by atoms with Crippen LogP contribution in [0.4, 0.5) is 0 Å². The summed E-state index contributed by atoms with van der Waals surface area (Å²) in [6.45, 7) is 8.53. The van der Waals surface area contributed by atoms with Gasteiger partial charge in [0.2, 0.25) is 0 Å². The molecule has 0 aliphatic rings. The summed E-state index contributed by atoms with van der Waals surface area (Å²) >= 11 is 0. The maximum Gasteiger partial charge on any atom is 0.335 e. The molecule has 0 heterocycles. The highest BCUT2D eigenvalue weighted by atomic mass is 16.5. The molecule has 84 valence electrons. The van der Waals surface area contributed by atoms with E-state index in [0.29, 0.717) is 0 Å². The summed E-state index contributed by atoms with van der Waals surface area (Å²) in [5.74, 6) is -0.418. The molecule has 0 fully saturated rings. The summed E-state index contributed by atoms with van der Waals surface area (Å²) in [5, 5.41) is 0. The number of carbonyl (C=O) groups is 1. The highest BCUT2D eigenvalue weighted by Gasteiger charge is 1.91. The molecule has 2 heteroatoms. The first-order valence-corrected chi connectivity index (χ1v) is 4.86. The lowest BCUT2D eigenvalue weighted by atomic mass is 10.2. The molecule has 0 amide bonds. The number of allylic oxidation sites excluding steroid dienone is 1. The molecular weight excluding hydrogens is 200 g/mol. The molecule has 0 radical (unpaired) electrons. The highest BCUT2D eigenvalue weighted by molar-refractivity contribution is 5.87. The Morgan fingerprint density at radius 1 is 1.25 bits per heavy atom. The molecule has 0 bridgehead atoms. The number of carbonyl (C=O) groups excluding carboxylic acids is 1. The Morgan fingerprint density at radius 2 is 1.81 bits per heavy atom. The molecule has 0 aliphatic heterocycles. The van der Waals surface area contributed by atoms with Crippen molar-refractivity contribution in [2.24, 2.45) is 0 Å². The Bertz CT molecular complexity index is 350. The standard InChI is InChI=1S/C11H10O2.C3H6/c1-2-13-11(12)9-8-10-6-4-3-5-7-10;1-3-2/h2-9H,1H2;3H,1H2,2H3. The zero-order valence-corrected chi connectivity index (χ0v) is 9.43. The van der Waals surface area contributed by atoms with Gasteiger partial charge in [0.05, 0.1) is 6.26 Å². The molecule has 0 unspecified atom stereocenters. The second kappa shape index (κ2) is 9.46. The van der Waals surface area contributed by atoms with E-state index >= 15 is 0 Å². The molecule has 0 N–H and O–H groups in total. The van der Waals surface area contributed by atoms with Crippen LogP contribution in [0.5, 0.6) is 0 Å². The van der Waals surface area contributed by atoms with Crippen LogP contribution < -0.4 is 0 Å². The minimum Gasteiger partial charge on any atom is -0.432 e. The largest absolute Gasteiger partial charge is 0.432 e. The van der Waals surface area contributed by atoms with Crippen LogP contribution in [-0.4, -0.2) is 5.97 Å². The second-order valence-corrected chi connectivity index (χ2v) is 2.76. The molecule has 2 nitrogen and oxygen atoms in total. The van der Waals surface area contributed by atoms with Crippen molar-refractivity contribution in [2.75, 3.05) is 0 Å². The molecule has 16 heavy (non-hydrogen) atoms. The first-order chi connectivity index (χ1) is 7.74. The quantitative estimate of drug-likeness (QED) is 0.334. The molecule has 1 aromatic carbocycles. The van der Waals surface area contributed by atoms with Crippen molar-refractivity contribution in [1.29, 1.82) is 0 Å². The number of rotatable bonds is 3. The Labute approximate surface area is 96.6 Å². The van der Waals surface area contributed by atoms with Gasteiger partial charge in [-0.1, -0.05) is 43.0 Å². The lowest BCUT2D eigenvalue weighted by Crippen LogP contribution is -1.92. The van der Waals surface area contributed by atoms with Crippen molar-refractivity contribution in [3.05, 3.63) is 67.5 Å². The van der Waals surface area contributed by atoms with E-state index in [-0.39, 0.29) is 0 Å². The first kappa shape index (κ1) is 13.9. The monoisotopic (exact) mass is 216 g/mol. The van der Waals surface area contributed by atoms with Crippen LogP contribution in [0, 0.1) is 0 Å². The van der Waals surface area contributed by atoms with E-state index < -0.39 is 5.97 Å². The van der Waals surface area contributed by atoms with Gasteiger partial charge in [0.1, 0.15) is 0 Å². The van der Waals surface area contributed by atoms with Gasteiger partial charge in [-0.05, 0) is 18.6 Å². The number of benzene rings is 1.